The summed E-state index contributed by atoms with van der Waals surface area (Å²) in [4.78, 5) is 28.8. The van der Waals surface area contributed by atoms with Crippen molar-refractivity contribution in [1.82, 2.24) is 15.7 Å². The molecule has 6 nitrogen and oxygen atoms in total. The van der Waals surface area contributed by atoms with Crippen molar-refractivity contribution in [2.45, 2.75) is 0 Å². The zero-order valence-electron chi connectivity index (χ0n) is 15.8. The Morgan fingerprint density at radius 1 is 0.967 bits per heavy atom. The van der Waals surface area contributed by atoms with Crippen LogP contribution in [0, 0.1) is 0 Å². The van der Waals surface area contributed by atoms with Gasteiger partial charge in [0.1, 0.15) is 5.15 Å². The fourth-order valence-corrected chi connectivity index (χ4v) is 3.29. The summed E-state index contributed by atoms with van der Waals surface area (Å²) < 4.78 is 0. The Morgan fingerprint density at radius 3 is 2.57 bits per heavy atom. The molecule has 30 heavy (non-hydrogen) atoms. The van der Waals surface area contributed by atoms with E-state index in [1.807, 2.05) is 66.7 Å². The fourth-order valence-electron chi connectivity index (χ4n) is 3.09. The van der Waals surface area contributed by atoms with Crippen LogP contribution in [0.25, 0.3) is 21.7 Å². The third-order valence-electron chi connectivity index (χ3n) is 4.54. The first-order chi connectivity index (χ1) is 14.6. The molecule has 3 aromatic carbocycles. The van der Waals surface area contributed by atoms with E-state index in [9.17, 15) is 9.59 Å². The van der Waals surface area contributed by atoms with Crippen LogP contribution in [0.5, 0.6) is 0 Å². The van der Waals surface area contributed by atoms with E-state index < -0.39 is 5.91 Å². The first-order valence-electron chi connectivity index (χ1n) is 9.25. The molecular formula is C23H17ClN4O2. The number of para-hydroxylation sites is 1. The summed E-state index contributed by atoms with van der Waals surface area (Å²) in [6, 6.07) is 22.4. The number of aromatic nitrogens is 1. The molecule has 0 saturated heterocycles. The number of carbonyl (C=O) groups excluding carboxylic acids is 2. The summed E-state index contributed by atoms with van der Waals surface area (Å²) in [7, 11) is 0. The van der Waals surface area contributed by atoms with Crippen LogP contribution in [0.1, 0.15) is 15.9 Å². The zero-order valence-corrected chi connectivity index (χ0v) is 16.6. The number of benzene rings is 3. The molecule has 0 radical (unpaired) electrons. The number of halogens is 1. The minimum absolute atomic E-state index is 0.205. The number of hydrazone groups is 1. The van der Waals surface area contributed by atoms with Crippen LogP contribution in [-0.4, -0.2) is 29.6 Å². The molecular weight excluding hydrogens is 400 g/mol. The Labute approximate surface area is 177 Å². The van der Waals surface area contributed by atoms with Gasteiger partial charge in [0, 0.05) is 16.5 Å². The highest BCUT2D eigenvalue weighted by Crippen LogP contribution is 2.19. The van der Waals surface area contributed by atoms with Gasteiger partial charge in [0.15, 0.2) is 0 Å². The van der Waals surface area contributed by atoms with Gasteiger partial charge in [0.2, 0.25) is 0 Å². The minimum Gasteiger partial charge on any atom is -0.343 e. The van der Waals surface area contributed by atoms with Gasteiger partial charge < -0.3 is 5.32 Å². The van der Waals surface area contributed by atoms with Crippen molar-refractivity contribution in [3.8, 4) is 0 Å². The molecule has 0 unspecified atom stereocenters. The Hall–Kier alpha value is -3.77. The van der Waals surface area contributed by atoms with Gasteiger partial charge in [0.05, 0.1) is 18.3 Å². The number of hydrogen-bond acceptors (Lipinski definition) is 4. The molecule has 0 aliphatic heterocycles. The number of nitrogens with one attached hydrogen (secondary N) is 2. The summed E-state index contributed by atoms with van der Waals surface area (Å²) >= 11 is 6.16. The molecule has 1 aromatic heterocycles. The fraction of sp³-hybridized carbons (Fsp3) is 0.0435. The Kier molecular flexibility index (Phi) is 5.68. The van der Waals surface area contributed by atoms with Crippen LogP contribution >= 0.6 is 11.6 Å². The van der Waals surface area contributed by atoms with E-state index in [0.717, 1.165) is 21.7 Å². The van der Waals surface area contributed by atoms with Crippen molar-refractivity contribution in [2.24, 2.45) is 5.10 Å². The van der Waals surface area contributed by atoms with E-state index in [-0.39, 0.29) is 17.6 Å². The van der Waals surface area contributed by atoms with Gasteiger partial charge in [-0.3, -0.25) is 9.59 Å². The normalized spacial score (nSPS) is 11.1. The predicted octanol–water partition coefficient (Wildman–Crippen LogP) is 3.92. The van der Waals surface area contributed by atoms with E-state index >= 15 is 0 Å². The van der Waals surface area contributed by atoms with Crippen molar-refractivity contribution in [3.05, 3.63) is 89.1 Å². The quantitative estimate of drug-likeness (QED) is 0.294. The topological polar surface area (TPSA) is 83.5 Å². The molecule has 0 aliphatic carbocycles. The van der Waals surface area contributed by atoms with Crippen LogP contribution in [0.2, 0.25) is 5.15 Å². The third kappa shape index (κ3) is 4.29. The van der Waals surface area contributed by atoms with Crippen LogP contribution in [0.3, 0.4) is 0 Å². The third-order valence-corrected chi connectivity index (χ3v) is 4.84. The molecule has 4 aromatic rings. The lowest BCUT2D eigenvalue weighted by Crippen LogP contribution is -2.35. The van der Waals surface area contributed by atoms with Gasteiger partial charge >= 0.3 is 0 Å². The average molecular weight is 417 g/mol. The number of rotatable bonds is 5. The SMILES string of the molecule is O=C(CNC(=O)c1cccc2ccccc12)N/N=C\c1cc2ccccc2nc1Cl. The molecule has 7 heteroatoms. The molecule has 2 amide bonds. The molecule has 0 aliphatic rings. The summed E-state index contributed by atoms with van der Waals surface area (Å²) in [5, 5.41) is 9.51. The maximum atomic E-state index is 12.5. The number of fused-ring (bicyclic) bond motifs is 2. The van der Waals surface area contributed by atoms with Gasteiger partial charge in [-0.25, -0.2) is 10.4 Å². The van der Waals surface area contributed by atoms with Gasteiger partial charge in [-0.2, -0.15) is 5.10 Å². The molecule has 0 spiro atoms. The van der Waals surface area contributed by atoms with Gasteiger partial charge in [-0.15, -0.1) is 0 Å². The molecule has 1 heterocycles. The van der Waals surface area contributed by atoms with Crippen molar-refractivity contribution in [2.75, 3.05) is 6.54 Å². The van der Waals surface area contributed by atoms with Gasteiger partial charge in [0.25, 0.3) is 11.8 Å². The van der Waals surface area contributed by atoms with Crippen LogP contribution in [0.4, 0.5) is 0 Å². The molecule has 0 saturated carbocycles. The molecule has 0 bridgehead atoms. The lowest BCUT2D eigenvalue weighted by Gasteiger charge is -2.07. The van der Waals surface area contributed by atoms with E-state index in [1.54, 1.807) is 6.07 Å². The van der Waals surface area contributed by atoms with Crippen LogP contribution < -0.4 is 10.7 Å². The Bertz CT molecular complexity index is 1280. The van der Waals surface area contributed by atoms with Gasteiger partial charge in [-0.05, 0) is 29.0 Å². The monoisotopic (exact) mass is 416 g/mol. The number of amides is 2. The van der Waals surface area contributed by atoms with E-state index in [1.165, 1.54) is 6.21 Å². The smallest absolute Gasteiger partial charge is 0.259 e. The molecule has 4 rings (SSSR count). The molecule has 0 atom stereocenters. The highest BCUT2D eigenvalue weighted by molar-refractivity contribution is 6.32. The Balaban J connectivity index is 1.37. The van der Waals surface area contributed by atoms with E-state index in [0.29, 0.717) is 11.1 Å². The van der Waals surface area contributed by atoms with Crippen molar-refractivity contribution >= 4 is 51.3 Å². The molecule has 148 valence electrons. The van der Waals surface area contributed by atoms with Gasteiger partial charge in [-0.1, -0.05) is 66.2 Å². The lowest BCUT2D eigenvalue weighted by molar-refractivity contribution is -0.120. The first-order valence-corrected chi connectivity index (χ1v) is 9.63. The second kappa shape index (κ2) is 8.71. The van der Waals surface area contributed by atoms with Crippen molar-refractivity contribution in [1.29, 1.82) is 0 Å². The zero-order chi connectivity index (χ0) is 20.9. The number of carbonyl (C=O) groups is 2. The summed E-state index contributed by atoms with van der Waals surface area (Å²) in [5.74, 6) is -0.780. The average Bonchev–Trinajstić information content (AvgIpc) is 2.77. The van der Waals surface area contributed by atoms with E-state index in [2.05, 4.69) is 20.8 Å². The molecule has 2 N–H and O–H groups in total. The highest BCUT2D eigenvalue weighted by atomic mass is 35.5. The lowest BCUT2D eigenvalue weighted by atomic mass is 10.0. The predicted molar refractivity (Wildman–Crippen MR) is 119 cm³/mol. The summed E-state index contributed by atoms with van der Waals surface area (Å²) in [6.45, 7) is -0.205. The van der Waals surface area contributed by atoms with Crippen LogP contribution in [-0.2, 0) is 4.79 Å². The summed E-state index contributed by atoms with van der Waals surface area (Å²) in [6.07, 6.45) is 1.42. The second-order valence-corrected chi connectivity index (χ2v) is 6.92. The minimum atomic E-state index is -0.454. The number of nitrogens with zero attached hydrogens (tertiary/aromatic N) is 2. The largest absolute Gasteiger partial charge is 0.343 e. The highest BCUT2D eigenvalue weighted by Gasteiger charge is 2.11. The second-order valence-electron chi connectivity index (χ2n) is 6.56. The summed E-state index contributed by atoms with van der Waals surface area (Å²) in [5.41, 5.74) is 4.25. The molecule has 0 fully saturated rings. The maximum absolute atomic E-state index is 12.5. The number of pyridine rings is 1. The first kappa shape index (κ1) is 19.5. The van der Waals surface area contributed by atoms with Crippen LogP contribution in [0.15, 0.2) is 77.9 Å². The Morgan fingerprint density at radius 2 is 1.70 bits per heavy atom. The number of hydrogen-bond donors (Lipinski definition) is 2. The standard InChI is InChI=1S/C23H17ClN4O2/c24-22-17(12-16-7-2-4-11-20(16)27-22)13-26-28-21(29)14-25-23(30)19-10-5-8-15-6-1-3-9-18(15)19/h1-13H,14H2,(H,25,30)(H,28,29)/b26-13-. The van der Waals surface area contributed by atoms with Crippen molar-refractivity contribution < 1.29 is 9.59 Å². The van der Waals surface area contributed by atoms with Crippen molar-refractivity contribution in [3.63, 3.8) is 0 Å². The van der Waals surface area contributed by atoms with E-state index in [4.69, 9.17) is 11.6 Å². The maximum Gasteiger partial charge on any atom is 0.259 e.